The van der Waals surface area contributed by atoms with Gasteiger partial charge in [0.05, 0.1) is 65.3 Å². The zero-order chi connectivity index (χ0) is 52.2. The first-order valence-corrected chi connectivity index (χ1v) is 27.4. The third-order valence-electron chi connectivity index (χ3n) is 12.0. The maximum atomic E-state index is 12.8. The summed E-state index contributed by atoms with van der Waals surface area (Å²) in [6.45, 7) is 19.8. The summed E-state index contributed by atoms with van der Waals surface area (Å²) in [6.07, 6.45) is 22.6. The number of hydrogen-bond donors (Lipinski definition) is 2. The lowest BCUT2D eigenvalue weighted by Crippen LogP contribution is -2.45. The van der Waals surface area contributed by atoms with Crippen molar-refractivity contribution in [2.45, 2.75) is 260 Å². The van der Waals surface area contributed by atoms with Gasteiger partial charge in [0.15, 0.2) is 11.2 Å². The average Bonchev–Trinajstić information content (AvgIpc) is 3.31. The van der Waals surface area contributed by atoms with E-state index < -0.39 is 72.7 Å². The highest BCUT2D eigenvalue weighted by Crippen LogP contribution is 2.24. The van der Waals surface area contributed by atoms with Crippen molar-refractivity contribution in [3.63, 3.8) is 0 Å². The molecule has 0 heterocycles. The molecule has 3 atom stereocenters. The van der Waals surface area contributed by atoms with E-state index in [0.29, 0.717) is 6.42 Å². The second-order valence-electron chi connectivity index (χ2n) is 19.7. The number of aliphatic hydroxyl groups is 2. The van der Waals surface area contributed by atoms with E-state index in [1.54, 1.807) is 0 Å². The van der Waals surface area contributed by atoms with Gasteiger partial charge in [0.2, 0.25) is 0 Å². The Bertz CT molecular complexity index is 1260. The van der Waals surface area contributed by atoms with Crippen LogP contribution in [0.15, 0.2) is 0 Å². The number of rotatable bonds is 44. The lowest BCUT2D eigenvalue weighted by atomic mass is 9.95. The summed E-state index contributed by atoms with van der Waals surface area (Å²) in [4.78, 5) is 75.0. The minimum Gasteiger partial charge on any atom is -0.466 e. The van der Waals surface area contributed by atoms with Gasteiger partial charge < -0.3 is 38.6 Å². The van der Waals surface area contributed by atoms with Gasteiger partial charge in [0.25, 0.3) is 0 Å². The standard InChI is InChI=1S/C28H52O7.C27H50O7/c1-7-10-13-16-24(6)21-35-27(31)28(32,17-25(29)33-19-22(4)14-11-8-2)18-26(30)34-20-23(5)15-12-9-3;1-4-7-10-13-16-19-32-24(28)22-27(31,26(30)34-21-18-15-12-9-6-3)23-25(29)33-20-17-14-11-8-5-2/h22-24,32H,7-21H2,1-6H3;31H,4-23H2,1-3H3. The molecule has 2 N–H and O–H groups in total. The van der Waals surface area contributed by atoms with Crippen LogP contribution in [0.25, 0.3) is 0 Å². The van der Waals surface area contributed by atoms with Crippen molar-refractivity contribution in [2.75, 3.05) is 39.6 Å². The molecule has 3 unspecified atom stereocenters. The SMILES string of the molecule is CCCCCC(C)COC(=O)C(O)(CC(=O)OCC(C)CCCC)CC(=O)OCC(C)CCCC.CCCCCCCOC(=O)CC(O)(CC(=O)OCCCCCCC)C(=O)OCCCCCCC. The monoisotopic (exact) mass is 987 g/mol. The van der Waals surface area contributed by atoms with E-state index in [0.717, 1.165) is 154 Å². The zero-order valence-electron chi connectivity index (χ0n) is 45.3. The summed E-state index contributed by atoms with van der Waals surface area (Å²) in [5.74, 6) is -4.37. The molecular weight excluding hydrogens is 885 g/mol. The van der Waals surface area contributed by atoms with Gasteiger partial charge in [-0.05, 0) is 56.3 Å². The van der Waals surface area contributed by atoms with Crippen LogP contribution in [0, 0.1) is 17.8 Å². The predicted octanol–water partition coefficient (Wildman–Crippen LogP) is 12.0. The normalized spacial score (nSPS) is 13.4. The Balaban J connectivity index is 0. The summed E-state index contributed by atoms with van der Waals surface area (Å²) < 4.78 is 31.6. The molecule has 0 radical (unpaired) electrons. The topological polar surface area (TPSA) is 198 Å². The van der Waals surface area contributed by atoms with E-state index in [1.807, 2.05) is 20.8 Å². The first-order valence-electron chi connectivity index (χ1n) is 27.4. The molecule has 14 nitrogen and oxygen atoms in total. The predicted molar refractivity (Wildman–Crippen MR) is 271 cm³/mol. The Labute approximate surface area is 419 Å². The molecule has 406 valence electrons. The lowest BCUT2D eigenvalue weighted by molar-refractivity contribution is -0.179. The Morgan fingerprint density at radius 3 is 0.942 bits per heavy atom. The van der Waals surface area contributed by atoms with E-state index in [9.17, 15) is 39.0 Å². The molecule has 0 saturated carbocycles. The van der Waals surface area contributed by atoms with Gasteiger partial charge in [-0.1, -0.05) is 184 Å². The van der Waals surface area contributed by atoms with Crippen LogP contribution < -0.4 is 0 Å². The third-order valence-corrected chi connectivity index (χ3v) is 12.0. The van der Waals surface area contributed by atoms with E-state index >= 15 is 0 Å². The minimum absolute atomic E-state index is 0.118. The van der Waals surface area contributed by atoms with Crippen molar-refractivity contribution in [3.8, 4) is 0 Å². The maximum absolute atomic E-state index is 12.8. The summed E-state index contributed by atoms with van der Waals surface area (Å²) >= 11 is 0. The molecule has 0 aromatic heterocycles. The largest absolute Gasteiger partial charge is 0.466 e. The van der Waals surface area contributed by atoms with Gasteiger partial charge >= 0.3 is 35.8 Å². The number of ether oxygens (including phenoxy) is 6. The highest BCUT2D eigenvalue weighted by atomic mass is 16.6. The summed E-state index contributed by atoms with van der Waals surface area (Å²) in [6, 6.07) is 0. The fourth-order valence-corrected chi connectivity index (χ4v) is 7.28. The molecule has 0 fully saturated rings. The molecule has 0 rings (SSSR count). The van der Waals surface area contributed by atoms with E-state index in [-0.39, 0.29) is 57.4 Å². The molecule has 0 aliphatic carbocycles. The molecule has 14 heteroatoms. The van der Waals surface area contributed by atoms with Crippen LogP contribution in [-0.2, 0) is 57.2 Å². The van der Waals surface area contributed by atoms with Gasteiger partial charge in [-0.25, -0.2) is 9.59 Å². The molecule has 69 heavy (non-hydrogen) atoms. The van der Waals surface area contributed by atoms with Gasteiger partial charge in [-0.3, -0.25) is 19.2 Å². The Kier molecular flexibility index (Phi) is 43.9. The fraction of sp³-hybridized carbons (Fsp3) is 0.891. The molecule has 0 amide bonds. The van der Waals surface area contributed by atoms with Crippen molar-refractivity contribution in [1.82, 2.24) is 0 Å². The molecule has 0 spiro atoms. The minimum atomic E-state index is -2.31. The fourth-order valence-electron chi connectivity index (χ4n) is 7.28. The van der Waals surface area contributed by atoms with Gasteiger partial charge in [-0.2, -0.15) is 0 Å². The van der Waals surface area contributed by atoms with Gasteiger partial charge in [-0.15, -0.1) is 0 Å². The molecule has 0 aliphatic heterocycles. The van der Waals surface area contributed by atoms with Crippen LogP contribution in [0.1, 0.15) is 249 Å². The van der Waals surface area contributed by atoms with Crippen LogP contribution in [0.2, 0.25) is 0 Å². The Hall–Kier alpha value is -3.26. The highest BCUT2D eigenvalue weighted by molar-refractivity contribution is 5.91. The lowest BCUT2D eigenvalue weighted by Gasteiger charge is -2.26. The van der Waals surface area contributed by atoms with Gasteiger partial charge in [0, 0.05) is 0 Å². The molecule has 0 bridgehead atoms. The van der Waals surface area contributed by atoms with Crippen molar-refractivity contribution in [3.05, 3.63) is 0 Å². The first-order chi connectivity index (χ1) is 33.0. The smallest absolute Gasteiger partial charge is 0.339 e. The quantitative estimate of drug-likeness (QED) is 0.0332. The van der Waals surface area contributed by atoms with Crippen LogP contribution in [0.4, 0.5) is 0 Å². The van der Waals surface area contributed by atoms with E-state index in [4.69, 9.17) is 28.4 Å². The molecule has 0 saturated heterocycles. The number of carbonyl (C=O) groups is 6. The van der Waals surface area contributed by atoms with Crippen LogP contribution in [-0.4, -0.2) is 96.9 Å². The van der Waals surface area contributed by atoms with Crippen molar-refractivity contribution < 1.29 is 67.4 Å². The van der Waals surface area contributed by atoms with Gasteiger partial charge in [0.1, 0.15) is 0 Å². The molecular formula is C55H102O14. The molecule has 0 aromatic carbocycles. The number of esters is 6. The third kappa shape index (κ3) is 39.1. The number of unbranched alkanes of at least 4 members (excludes halogenated alkanes) is 16. The van der Waals surface area contributed by atoms with E-state index in [1.165, 1.54) is 0 Å². The summed E-state index contributed by atoms with van der Waals surface area (Å²) in [7, 11) is 0. The van der Waals surface area contributed by atoms with Crippen molar-refractivity contribution in [2.24, 2.45) is 17.8 Å². The average molecular weight is 987 g/mol. The number of hydrogen-bond acceptors (Lipinski definition) is 14. The van der Waals surface area contributed by atoms with Crippen molar-refractivity contribution >= 4 is 35.8 Å². The van der Waals surface area contributed by atoms with Crippen molar-refractivity contribution in [1.29, 1.82) is 0 Å². The van der Waals surface area contributed by atoms with E-state index in [2.05, 4.69) is 41.5 Å². The Morgan fingerprint density at radius 2 is 0.594 bits per heavy atom. The molecule has 0 aromatic rings. The van der Waals surface area contributed by atoms with Crippen LogP contribution >= 0.6 is 0 Å². The molecule has 0 aliphatic rings. The summed E-state index contributed by atoms with van der Waals surface area (Å²) in [5.41, 5.74) is -4.58. The zero-order valence-corrected chi connectivity index (χ0v) is 45.3. The second-order valence-corrected chi connectivity index (χ2v) is 19.7. The highest BCUT2D eigenvalue weighted by Gasteiger charge is 2.45. The maximum Gasteiger partial charge on any atom is 0.339 e. The first kappa shape index (κ1) is 67.8. The Morgan fingerprint density at radius 1 is 0.333 bits per heavy atom. The van der Waals surface area contributed by atoms with Crippen LogP contribution in [0.5, 0.6) is 0 Å². The summed E-state index contributed by atoms with van der Waals surface area (Å²) in [5, 5.41) is 22.0. The van der Waals surface area contributed by atoms with Crippen LogP contribution in [0.3, 0.4) is 0 Å². The number of carbonyl (C=O) groups excluding carboxylic acids is 6. The second kappa shape index (κ2) is 44.7.